The van der Waals surface area contributed by atoms with Gasteiger partial charge >= 0.3 is 0 Å². The van der Waals surface area contributed by atoms with Crippen molar-refractivity contribution in [2.24, 2.45) is 0 Å². The zero-order chi connectivity index (χ0) is 30.2. The molecule has 1 amide bonds. The minimum atomic E-state index is -0.800. The number of hydrogen-bond acceptors (Lipinski definition) is 9. The number of amides is 1. The predicted molar refractivity (Wildman–Crippen MR) is 161 cm³/mol. The Morgan fingerprint density at radius 3 is 2.44 bits per heavy atom. The van der Waals surface area contributed by atoms with E-state index in [-0.39, 0.29) is 11.3 Å². The molecule has 1 atom stereocenters. The third-order valence-electron chi connectivity index (χ3n) is 7.92. The Balaban J connectivity index is 1.50. The van der Waals surface area contributed by atoms with E-state index in [0.717, 1.165) is 38.9 Å². The molecule has 232 valence electrons. The van der Waals surface area contributed by atoms with E-state index >= 15 is 0 Å². The first-order valence-electron chi connectivity index (χ1n) is 15.4. The van der Waals surface area contributed by atoms with Crippen LogP contribution in [0.5, 0.6) is 23.0 Å². The molecule has 5 rings (SSSR count). The molecule has 0 spiro atoms. The van der Waals surface area contributed by atoms with Gasteiger partial charge in [0.1, 0.15) is 19.0 Å². The van der Waals surface area contributed by atoms with Crippen molar-refractivity contribution in [3.05, 3.63) is 53.1 Å². The Hall–Kier alpha value is -3.76. The quantitative estimate of drug-likeness (QED) is 0.154. The lowest BCUT2D eigenvalue weighted by atomic mass is 9.94. The van der Waals surface area contributed by atoms with Crippen LogP contribution in [0.3, 0.4) is 0 Å². The number of unbranched alkanes of at least 4 members (excludes halogenated alkanes) is 2. The highest BCUT2D eigenvalue weighted by Gasteiger charge is 2.46. The lowest BCUT2D eigenvalue weighted by molar-refractivity contribution is -0.140. The molecule has 3 heterocycles. The molecule has 0 bridgehead atoms. The second kappa shape index (κ2) is 14.6. The molecule has 2 aromatic carbocycles. The van der Waals surface area contributed by atoms with E-state index in [9.17, 15) is 14.7 Å². The van der Waals surface area contributed by atoms with Gasteiger partial charge in [0.15, 0.2) is 23.0 Å². The number of aliphatic hydroxyl groups is 1. The van der Waals surface area contributed by atoms with Crippen LogP contribution in [0.1, 0.15) is 56.7 Å². The van der Waals surface area contributed by atoms with Crippen LogP contribution in [0.25, 0.3) is 5.76 Å². The molecule has 1 unspecified atom stereocenters. The maximum absolute atomic E-state index is 13.6. The molecule has 43 heavy (non-hydrogen) atoms. The van der Waals surface area contributed by atoms with Crippen LogP contribution >= 0.6 is 0 Å². The normalized spacial score (nSPS) is 20.0. The van der Waals surface area contributed by atoms with Crippen LogP contribution in [0, 0.1) is 0 Å². The summed E-state index contributed by atoms with van der Waals surface area (Å²) in [7, 11) is 0. The fourth-order valence-electron chi connectivity index (χ4n) is 5.71. The van der Waals surface area contributed by atoms with E-state index in [0.29, 0.717) is 86.7 Å². The molecule has 0 radical (unpaired) electrons. The molecule has 0 aromatic heterocycles. The van der Waals surface area contributed by atoms with E-state index in [4.69, 9.17) is 23.7 Å². The molecule has 10 heteroatoms. The molecule has 3 aliphatic rings. The SMILES string of the molecule is CCCCCOc1ccc(C2/C(=C(/O)c3ccc4c(c3)OCCO4)C(=O)C(=O)N2CCCN2CCOCC2)cc1OCC. The Morgan fingerprint density at radius 2 is 1.67 bits per heavy atom. The minimum Gasteiger partial charge on any atom is -0.507 e. The van der Waals surface area contributed by atoms with Gasteiger partial charge in [0.25, 0.3) is 11.7 Å². The van der Waals surface area contributed by atoms with Crippen molar-refractivity contribution in [2.75, 3.05) is 65.8 Å². The van der Waals surface area contributed by atoms with Gasteiger partial charge in [-0.05, 0) is 55.7 Å². The van der Waals surface area contributed by atoms with Crippen LogP contribution in [0.15, 0.2) is 42.0 Å². The number of likely N-dealkylation sites (tertiary alicyclic amines) is 1. The number of fused-ring (bicyclic) bond motifs is 1. The van der Waals surface area contributed by atoms with Crippen molar-refractivity contribution in [3.63, 3.8) is 0 Å². The average molecular weight is 595 g/mol. The highest BCUT2D eigenvalue weighted by atomic mass is 16.6. The summed E-state index contributed by atoms with van der Waals surface area (Å²) in [4.78, 5) is 31.0. The molecular formula is C33H42N2O8. The van der Waals surface area contributed by atoms with Gasteiger partial charge < -0.3 is 33.7 Å². The number of carbonyl (C=O) groups is 2. The standard InChI is InChI=1S/C33H42N2O8/c1-3-5-6-16-41-25-10-8-23(21-27(25)40-4-2)30-29(31(36)24-9-11-26-28(22-24)43-20-19-42-26)32(37)33(38)35(30)13-7-12-34-14-17-39-18-15-34/h8-11,21-22,30,36H,3-7,12-20H2,1-2H3/b31-29-. The highest BCUT2D eigenvalue weighted by Crippen LogP contribution is 2.43. The maximum Gasteiger partial charge on any atom is 0.295 e. The summed E-state index contributed by atoms with van der Waals surface area (Å²) in [6.07, 6.45) is 3.77. The van der Waals surface area contributed by atoms with Gasteiger partial charge in [-0.3, -0.25) is 14.5 Å². The van der Waals surface area contributed by atoms with E-state index in [2.05, 4.69) is 11.8 Å². The van der Waals surface area contributed by atoms with E-state index in [1.165, 1.54) is 0 Å². The summed E-state index contributed by atoms with van der Waals surface area (Å²) in [5, 5.41) is 11.6. The molecule has 10 nitrogen and oxygen atoms in total. The number of ether oxygens (including phenoxy) is 5. The van der Waals surface area contributed by atoms with Gasteiger partial charge in [-0.15, -0.1) is 0 Å². The number of benzene rings is 2. The van der Waals surface area contributed by atoms with Gasteiger partial charge in [-0.25, -0.2) is 0 Å². The van der Waals surface area contributed by atoms with Crippen LogP contribution in [0.4, 0.5) is 0 Å². The molecule has 2 fully saturated rings. The third kappa shape index (κ3) is 7.08. The third-order valence-corrected chi connectivity index (χ3v) is 7.92. The van der Waals surface area contributed by atoms with Gasteiger partial charge in [0.05, 0.1) is 38.0 Å². The largest absolute Gasteiger partial charge is 0.507 e. The smallest absolute Gasteiger partial charge is 0.295 e. The second-order valence-electron chi connectivity index (χ2n) is 10.9. The predicted octanol–water partition coefficient (Wildman–Crippen LogP) is 4.57. The minimum absolute atomic E-state index is 0.0344. The van der Waals surface area contributed by atoms with Crippen molar-refractivity contribution in [2.45, 2.75) is 45.6 Å². The zero-order valence-electron chi connectivity index (χ0n) is 25.1. The van der Waals surface area contributed by atoms with Crippen LogP contribution in [0.2, 0.25) is 0 Å². The van der Waals surface area contributed by atoms with Crippen molar-refractivity contribution in [3.8, 4) is 23.0 Å². The fourth-order valence-corrected chi connectivity index (χ4v) is 5.71. The van der Waals surface area contributed by atoms with Crippen molar-refractivity contribution in [1.29, 1.82) is 0 Å². The lowest BCUT2D eigenvalue weighted by Gasteiger charge is -2.29. The van der Waals surface area contributed by atoms with Crippen molar-refractivity contribution >= 4 is 17.4 Å². The Morgan fingerprint density at radius 1 is 0.884 bits per heavy atom. The highest BCUT2D eigenvalue weighted by molar-refractivity contribution is 6.46. The Kier molecular flexibility index (Phi) is 10.4. The van der Waals surface area contributed by atoms with E-state index in [1.54, 1.807) is 23.1 Å². The van der Waals surface area contributed by atoms with Gasteiger partial charge in [-0.1, -0.05) is 25.8 Å². The molecule has 0 saturated carbocycles. The van der Waals surface area contributed by atoms with Gasteiger partial charge in [0.2, 0.25) is 0 Å². The van der Waals surface area contributed by atoms with Crippen LogP contribution in [-0.4, -0.2) is 92.4 Å². The zero-order valence-corrected chi connectivity index (χ0v) is 25.1. The number of nitrogens with zero attached hydrogens (tertiary/aromatic N) is 2. The average Bonchev–Trinajstić information content (AvgIpc) is 3.29. The first kappa shape index (κ1) is 30.7. The van der Waals surface area contributed by atoms with Crippen molar-refractivity contribution in [1.82, 2.24) is 9.80 Å². The second-order valence-corrected chi connectivity index (χ2v) is 10.9. The molecule has 2 saturated heterocycles. The van der Waals surface area contributed by atoms with Crippen molar-refractivity contribution < 1.29 is 38.4 Å². The summed E-state index contributed by atoms with van der Waals surface area (Å²) in [6, 6.07) is 9.71. The summed E-state index contributed by atoms with van der Waals surface area (Å²) < 4.78 is 28.8. The van der Waals surface area contributed by atoms with E-state index in [1.807, 2.05) is 25.1 Å². The monoisotopic (exact) mass is 594 g/mol. The fraction of sp³-hybridized carbons (Fsp3) is 0.515. The number of rotatable bonds is 13. The van der Waals surface area contributed by atoms with Crippen LogP contribution < -0.4 is 18.9 Å². The number of carbonyl (C=O) groups excluding carboxylic acids is 2. The van der Waals surface area contributed by atoms with E-state index < -0.39 is 17.7 Å². The first-order chi connectivity index (χ1) is 21.0. The number of ketones is 1. The molecule has 3 aliphatic heterocycles. The number of aliphatic hydroxyl groups excluding tert-OH is 1. The number of morpholine rings is 1. The summed E-state index contributed by atoms with van der Waals surface area (Å²) in [6.45, 7) is 10.0. The topological polar surface area (TPSA) is 107 Å². The molecular weight excluding hydrogens is 552 g/mol. The van der Waals surface area contributed by atoms with Gasteiger partial charge in [-0.2, -0.15) is 0 Å². The summed E-state index contributed by atoms with van der Waals surface area (Å²) in [5.74, 6) is 0.584. The first-order valence-corrected chi connectivity index (χ1v) is 15.4. The van der Waals surface area contributed by atoms with Crippen LogP contribution in [-0.2, 0) is 14.3 Å². The summed E-state index contributed by atoms with van der Waals surface area (Å²) >= 11 is 0. The molecule has 0 aliphatic carbocycles. The van der Waals surface area contributed by atoms with Gasteiger partial charge in [0, 0.05) is 31.7 Å². The summed E-state index contributed by atoms with van der Waals surface area (Å²) in [5.41, 5.74) is 1.07. The maximum atomic E-state index is 13.6. The Bertz CT molecular complexity index is 1320. The number of hydrogen-bond donors (Lipinski definition) is 1. The Labute approximate surface area is 253 Å². The number of Topliss-reactive ketones (excluding diaryl/α,β-unsaturated/α-hetero) is 1. The molecule has 1 N–H and O–H groups in total. The lowest BCUT2D eigenvalue weighted by Crippen LogP contribution is -2.39. The molecule has 2 aromatic rings.